The van der Waals surface area contributed by atoms with Crippen LogP contribution >= 0.6 is 11.3 Å². The highest BCUT2D eigenvalue weighted by Gasteiger charge is 2.15. The Morgan fingerprint density at radius 2 is 2.08 bits per heavy atom. The molecule has 0 radical (unpaired) electrons. The van der Waals surface area contributed by atoms with Crippen molar-refractivity contribution in [1.29, 1.82) is 0 Å². The van der Waals surface area contributed by atoms with Gasteiger partial charge in [-0.2, -0.15) is 4.99 Å². The minimum Gasteiger partial charge on any atom is -0.312 e. The van der Waals surface area contributed by atoms with Crippen LogP contribution in [0.25, 0.3) is 10.2 Å². The van der Waals surface area contributed by atoms with E-state index in [1.54, 1.807) is 16.7 Å². The summed E-state index contributed by atoms with van der Waals surface area (Å²) in [6, 6.07) is 6.87. The Morgan fingerprint density at radius 1 is 1.31 bits per heavy atom. The lowest BCUT2D eigenvalue weighted by Gasteiger charge is -2.01. The lowest BCUT2D eigenvalue weighted by molar-refractivity contribution is -0.384. The maximum Gasteiger partial charge on any atom is 0.282 e. The van der Waals surface area contributed by atoms with E-state index in [0.29, 0.717) is 22.8 Å². The number of nitro benzene ring substituents is 1. The third kappa shape index (κ3) is 3.29. The summed E-state index contributed by atoms with van der Waals surface area (Å²) in [5, 5.41) is 10.9. The van der Waals surface area contributed by atoms with Gasteiger partial charge in [-0.1, -0.05) is 17.4 Å². The fourth-order valence-electron chi connectivity index (χ4n) is 2.38. The molecule has 0 aliphatic rings. The molecule has 0 aliphatic carbocycles. The van der Waals surface area contributed by atoms with Crippen molar-refractivity contribution in [3.63, 3.8) is 0 Å². The van der Waals surface area contributed by atoms with Crippen LogP contribution < -0.4 is 4.80 Å². The monoisotopic (exact) mass is 375 g/mol. The quantitative estimate of drug-likeness (QED) is 0.395. The lowest BCUT2D eigenvalue weighted by atomic mass is 10.2. The third-order valence-electron chi connectivity index (χ3n) is 3.55. The number of amides is 1. The zero-order valence-electron chi connectivity index (χ0n) is 13.2. The van der Waals surface area contributed by atoms with Gasteiger partial charge >= 0.3 is 0 Å². The summed E-state index contributed by atoms with van der Waals surface area (Å²) >= 11 is 1.05. The first-order valence-electron chi connectivity index (χ1n) is 7.33. The zero-order chi connectivity index (χ0) is 18.8. The summed E-state index contributed by atoms with van der Waals surface area (Å²) in [5.74, 6) is -2.68. The van der Waals surface area contributed by atoms with Gasteiger partial charge < -0.3 is 4.57 Å². The standard InChI is InChI=1S/C17H11F2N3O3S/c1-2-7-21-14-6-4-11(22(24)25)9-15(14)26-17(21)20-16(23)12-5-3-10(18)8-13(12)19/h2-6,8-9H,1,7H2. The summed E-state index contributed by atoms with van der Waals surface area (Å²) in [5.41, 5.74) is 0.179. The molecular weight excluding hydrogens is 364 g/mol. The van der Waals surface area contributed by atoms with Crippen molar-refractivity contribution in [2.45, 2.75) is 6.54 Å². The number of carbonyl (C=O) groups excluding carboxylic acids is 1. The number of benzene rings is 2. The van der Waals surface area contributed by atoms with Crippen LogP contribution in [-0.4, -0.2) is 15.4 Å². The molecule has 3 rings (SSSR count). The number of hydrogen-bond donors (Lipinski definition) is 0. The lowest BCUT2D eigenvalue weighted by Crippen LogP contribution is -2.16. The number of allylic oxidation sites excluding steroid dienone is 1. The molecule has 132 valence electrons. The number of thiazole rings is 1. The number of fused-ring (bicyclic) bond motifs is 1. The summed E-state index contributed by atoms with van der Waals surface area (Å²) in [4.78, 5) is 26.8. The SMILES string of the molecule is C=CCn1c(=NC(=O)c2ccc(F)cc2F)sc2cc([N+](=O)[O-])ccc21. The van der Waals surface area contributed by atoms with Gasteiger partial charge in [0.25, 0.3) is 11.6 Å². The largest absolute Gasteiger partial charge is 0.312 e. The van der Waals surface area contributed by atoms with Gasteiger partial charge in [0, 0.05) is 24.7 Å². The number of rotatable bonds is 4. The van der Waals surface area contributed by atoms with Crippen LogP contribution in [0, 0.1) is 21.7 Å². The first-order chi connectivity index (χ1) is 12.4. The van der Waals surface area contributed by atoms with Gasteiger partial charge in [0.1, 0.15) is 11.6 Å². The summed E-state index contributed by atoms with van der Waals surface area (Å²) < 4.78 is 29.0. The molecule has 0 fully saturated rings. The topological polar surface area (TPSA) is 77.5 Å². The van der Waals surface area contributed by atoms with Gasteiger partial charge in [-0.25, -0.2) is 8.78 Å². The van der Waals surface area contributed by atoms with E-state index in [-0.39, 0.29) is 16.1 Å². The Balaban J connectivity index is 2.17. The zero-order valence-corrected chi connectivity index (χ0v) is 14.0. The summed E-state index contributed by atoms with van der Waals surface area (Å²) in [6.07, 6.45) is 1.58. The summed E-state index contributed by atoms with van der Waals surface area (Å²) in [7, 11) is 0. The Bertz CT molecular complexity index is 1120. The molecule has 1 amide bonds. The Morgan fingerprint density at radius 3 is 2.73 bits per heavy atom. The molecule has 0 N–H and O–H groups in total. The highest BCUT2D eigenvalue weighted by Crippen LogP contribution is 2.23. The van der Waals surface area contributed by atoms with Gasteiger partial charge in [-0.3, -0.25) is 14.9 Å². The first kappa shape index (κ1) is 17.6. The molecule has 0 spiro atoms. The highest BCUT2D eigenvalue weighted by atomic mass is 32.1. The van der Waals surface area contributed by atoms with Gasteiger partial charge in [-0.05, 0) is 18.2 Å². The molecule has 6 nitrogen and oxygen atoms in total. The van der Waals surface area contributed by atoms with Crippen LogP contribution in [0.2, 0.25) is 0 Å². The molecule has 0 bridgehead atoms. The van der Waals surface area contributed by atoms with Crippen molar-refractivity contribution in [2.24, 2.45) is 4.99 Å². The van der Waals surface area contributed by atoms with Crippen molar-refractivity contribution < 1.29 is 18.5 Å². The van der Waals surface area contributed by atoms with E-state index in [1.165, 1.54) is 12.1 Å². The number of nitrogens with zero attached hydrogens (tertiary/aromatic N) is 3. The number of non-ortho nitro benzene ring substituents is 1. The van der Waals surface area contributed by atoms with E-state index in [1.807, 2.05) is 0 Å². The first-order valence-corrected chi connectivity index (χ1v) is 8.15. The van der Waals surface area contributed by atoms with E-state index in [2.05, 4.69) is 11.6 Å². The molecule has 26 heavy (non-hydrogen) atoms. The van der Waals surface area contributed by atoms with Gasteiger partial charge in [0.15, 0.2) is 4.80 Å². The van der Waals surface area contributed by atoms with E-state index >= 15 is 0 Å². The molecule has 0 atom stereocenters. The maximum atomic E-state index is 13.8. The van der Waals surface area contributed by atoms with Crippen molar-refractivity contribution in [3.8, 4) is 0 Å². The van der Waals surface area contributed by atoms with Gasteiger partial charge in [0.2, 0.25) is 0 Å². The normalized spacial score (nSPS) is 11.7. The number of hydrogen-bond acceptors (Lipinski definition) is 4. The fourth-order valence-corrected chi connectivity index (χ4v) is 3.45. The number of nitro groups is 1. The van der Waals surface area contributed by atoms with Crippen LogP contribution in [0.4, 0.5) is 14.5 Å². The second kappa shape index (κ2) is 6.96. The maximum absolute atomic E-state index is 13.8. The number of aromatic nitrogens is 1. The smallest absolute Gasteiger partial charge is 0.282 e. The predicted octanol–water partition coefficient (Wildman–Crippen LogP) is 3.82. The van der Waals surface area contributed by atoms with Crippen LogP contribution in [0.3, 0.4) is 0 Å². The second-order valence-corrected chi connectivity index (χ2v) is 6.24. The minimum absolute atomic E-state index is 0.0908. The average Bonchev–Trinajstić information content (AvgIpc) is 2.91. The van der Waals surface area contributed by atoms with Crippen molar-refractivity contribution in [2.75, 3.05) is 0 Å². The Labute approximate surface area is 149 Å². The van der Waals surface area contributed by atoms with Gasteiger partial charge in [-0.15, -0.1) is 6.58 Å². The van der Waals surface area contributed by atoms with Crippen LogP contribution in [-0.2, 0) is 6.54 Å². The van der Waals surface area contributed by atoms with Crippen LogP contribution in [0.5, 0.6) is 0 Å². The summed E-state index contributed by atoms with van der Waals surface area (Å²) in [6.45, 7) is 3.94. The van der Waals surface area contributed by atoms with E-state index in [0.717, 1.165) is 23.5 Å². The van der Waals surface area contributed by atoms with E-state index in [9.17, 15) is 23.7 Å². The average molecular weight is 375 g/mol. The molecule has 9 heteroatoms. The third-order valence-corrected chi connectivity index (χ3v) is 4.59. The molecule has 3 aromatic rings. The molecule has 0 saturated carbocycles. The molecule has 1 aromatic heterocycles. The van der Waals surface area contributed by atoms with Crippen molar-refractivity contribution in [3.05, 3.63) is 81.2 Å². The Hall–Kier alpha value is -3.20. The Kier molecular flexibility index (Phi) is 4.72. The molecule has 1 heterocycles. The number of carbonyl (C=O) groups is 1. The second-order valence-electron chi connectivity index (χ2n) is 5.23. The molecule has 0 aliphatic heterocycles. The molecule has 0 saturated heterocycles. The van der Waals surface area contributed by atoms with Crippen LogP contribution in [0.1, 0.15) is 10.4 Å². The van der Waals surface area contributed by atoms with Crippen molar-refractivity contribution >= 4 is 33.1 Å². The molecule has 2 aromatic carbocycles. The molecule has 0 unspecified atom stereocenters. The van der Waals surface area contributed by atoms with Crippen molar-refractivity contribution in [1.82, 2.24) is 4.57 Å². The minimum atomic E-state index is -1.01. The highest BCUT2D eigenvalue weighted by molar-refractivity contribution is 7.16. The predicted molar refractivity (Wildman–Crippen MR) is 92.9 cm³/mol. The van der Waals surface area contributed by atoms with Crippen LogP contribution in [0.15, 0.2) is 54.0 Å². The number of halogens is 2. The van der Waals surface area contributed by atoms with E-state index < -0.39 is 22.5 Å². The van der Waals surface area contributed by atoms with E-state index in [4.69, 9.17) is 0 Å². The fraction of sp³-hybridized carbons (Fsp3) is 0.0588. The molecular formula is C17H11F2N3O3S. The van der Waals surface area contributed by atoms with Gasteiger partial charge in [0.05, 0.1) is 20.7 Å².